The van der Waals surface area contributed by atoms with Gasteiger partial charge in [0.25, 0.3) is 5.91 Å². The number of nitrogens with one attached hydrogen (secondary N) is 2. The number of amides is 2. The second-order valence-electron chi connectivity index (χ2n) is 7.55. The molecule has 0 bridgehead atoms. The highest BCUT2D eigenvalue weighted by atomic mass is 35.5. The van der Waals surface area contributed by atoms with E-state index in [2.05, 4.69) is 15.5 Å². The van der Waals surface area contributed by atoms with E-state index in [1.807, 2.05) is 0 Å². The third kappa shape index (κ3) is 5.51. The van der Waals surface area contributed by atoms with Crippen LogP contribution in [0.1, 0.15) is 41.2 Å². The van der Waals surface area contributed by atoms with Gasteiger partial charge in [0, 0.05) is 17.9 Å². The number of hydrogen-bond acceptors (Lipinski definition) is 7. The molecule has 2 unspecified atom stereocenters. The summed E-state index contributed by atoms with van der Waals surface area (Å²) in [4.78, 5) is 24.2. The summed E-state index contributed by atoms with van der Waals surface area (Å²) >= 11 is 5.73. The van der Waals surface area contributed by atoms with E-state index in [4.69, 9.17) is 22.1 Å². The molecular weight excluding hydrogens is 455 g/mol. The number of benzene rings is 1. The number of halogens is 2. The van der Waals surface area contributed by atoms with Crippen LogP contribution in [-0.4, -0.2) is 53.3 Å². The fourth-order valence-corrected chi connectivity index (χ4v) is 5.17. The summed E-state index contributed by atoms with van der Waals surface area (Å²) in [6.07, 6.45) is 0.393. The Balaban J connectivity index is 1.91. The molecule has 3 rings (SSSR count). The summed E-state index contributed by atoms with van der Waals surface area (Å²) in [6, 6.07) is 3.55. The number of nitrogens with two attached hydrogens (primary N) is 1. The minimum Gasteiger partial charge on any atom is -0.391 e. The number of aliphatic hydroxyl groups is 1. The molecular formula is C18H20ClFN4O6S. The molecule has 0 spiro atoms. The number of aromatic amines is 1. The van der Waals surface area contributed by atoms with Gasteiger partial charge in [-0.25, -0.2) is 22.7 Å². The zero-order valence-electron chi connectivity index (χ0n) is 16.3. The number of carbonyl (C=O) groups excluding carboxylic acids is 2. The second kappa shape index (κ2) is 8.44. The van der Waals surface area contributed by atoms with E-state index < -0.39 is 44.9 Å². The zero-order chi connectivity index (χ0) is 23.0. The van der Waals surface area contributed by atoms with Crippen LogP contribution in [0.4, 0.5) is 14.9 Å². The van der Waals surface area contributed by atoms with Gasteiger partial charge < -0.3 is 20.9 Å². The average Bonchev–Trinajstić information content (AvgIpc) is 3.19. The number of aromatic nitrogens is 2. The SMILES string of the molecule is CS(=O)(=O)CC1(O)CCC(c2n[nH]c(OC(N)=O)c2C(=O)Nc2ccc(F)c(Cl)c2)C1. The summed E-state index contributed by atoms with van der Waals surface area (Å²) in [5.74, 6) is -2.66. The molecule has 0 aliphatic heterocycles. The topological polar surface area (TPSA) is 164 Å². The Morgan fingerprint density at radius 3 is 2.81 bits per heavy atom. The molecule has 10 nitrogen and oxygen atoms in total. The number of anilines is 1. The van der Waals surface area contributed by atoms with E-state index in [1.54, 1.807) is 0 Å². The minimum atomic E-state index is -3.44. The lowest BCUT2D eigenvalue weighted by Crippen LogP contribution is -2.34. The van der Waals surface area contributed by atoms with E-state index in [0.717, 1.165) is 12.3 Å². The first kappa shape index (κ1) is 23.0. The Kier molecular flexibility index (Phi) is 6.25. The standard InChI is InChI=1S/C18H20ClFN4O6S/c1-31(28,29)8-18(27)5-4-9(7-18)14-13(16(24-23-14)30-17(21)26)15(25)22-10-2-3-12(20)11(19)6-10/h2-3,6,9,27H,4-5,7-8H2,1H3,(H2,21,26)(H,22,25)(H,23,24). The van der Waals surface area contributed by atoms with Crippen molar-refractivity contribution in [2.45, 2.75) is 30.8 Å². The van der Waals surface area contributed by atoms with Gasteiger partial charge in [-0.1, -0.05) is 11.6 Å². The maximum absolute atomic E-state index is 13.4. The van der Waals surface area contributed by atoms with Crippen LogP contribution in [0, 0.1) is 5.82 Å². The highest BCUT2D eigenvalue weighted by Crippen LogP contribution is 2.43. The van der Waals surface area contributed by atoms with E-state index in [9.17, 15) is 27.5 Å². The summed E-state index contributed by atoms with van der Waals surface area (Å²) in [5, 5.41) is 19.4. The van der Waals surface area contributed by atoms with Crippen molar-refractivity contribution >= 4 is 39.1 Å². The van der Waals surface area contributed by atoms with E-state index in [-0.39, 0.29) is 40.7 Å². The molecule has 2 atom stereocenters. The Labute approximate surface area is 181 Å². The molecule has 5 N–H and O–H groups in total. The molecule has 2 amide bonds. The minimum absolute atomic E-state index is 0.0313. The molecule has 1 fully saturated rings. The van der Waals surface area contributed by atoms with Crippen LogP contribution in [0.3, 0.4) is 0 Å². The average molecular weight is 475 g/mol. The van der Waals surface area contributed by atoms with Gasteiger partial charge in [0.1, 0.15) is 21.2 Å². The van der Waals surface area contributed by atoms with Crippen molar-refractivity contribution < 1.29 is 32.2 Å². The molecule has 168 valence electrons. The molecule has 1 aromatic carbocycles. The molecule has 0 radical (unpaired) electrons. The van der Waals surface area contributed by atoms with Gasteiger partial charge in [-0.2, -0.15) is 5.10 Å². The first-order chi connectivity index (χ1) is 14.4. The molecule has 0 saturated heterocycles. The Bertz CT molecular complexity index is 1140. The number of ether oxygens (including phenoxy) is 1. The molecule has 13 heteroatoms. The smallest absolute Gasteiger partial charge is 0.391 e. The van der Waals surface area contributed by atoms with E-state index in [1.165, 1.54) is 12.1 Å². The number of H-pyrrole nitrogens is 1. The number of nitrogens with zero attached hydrogens (tertiary/aromatic N) is 1. The van der Waals surface area contributed by atoms with Crippen LogP contribution in [0.15, 0.2) is 18.2 Å². The third-order valence-corrected chi connectivity index (χ3v) is 6.22. The summed E-state index contributed by atoms with van der Waals surface area (Å²) in [7, 11) is -3.44. The second-order valence-corrected chi connectivity index (χ2v) is 10.1. The molecule has 1 saturated carbocycles. The Hall–Kier alpha value is -2.70. The van der Waals surface area contributed by atoms with Gasteiger partial charge in [-0.3, -0.25) is 4.79 Å². The molecule has 2 aromatic rings. The maximum Gasteiger partial charge on any atom is 0.411 e. The van der Waals surface area contributed by atoms with Crippen LogP contribution in [0.25, 0.3) is 0 Å². The van der Waals surface area contributed by atoms with Crippen molar-refractivity contribution in [3.8, 4) is 5.88 Å². The van der Waals surface area contributed by atoms with Crippen LogP contribution in [0.5, 0.6) is 5.88 Å². The van der Waals surface area contributed by atoms with Crippen molar-refractivity contribution in [2.24, 2.45) is 5.73 Å². The first-order valence-corrected chi connectivity index (χ1v) is 11.5. The fourth-order valence-electron chi connectivity index (χ4n) is 3.75. The lowest BCUT2D eigenvalue weighted by molar-refractivity contribution is 0.0696. The van der Waals surface area contributed by atoms with Crippen LogP contribution in [-0.2, 0) is 9.84 Å². The largest absolute Gasteiger partial charge is 0.411 e. The van der Waals surface area contributed by atoms with Crippen LogP contribution >= 0.6 is 11.6 Å². The Morgan fingerprint density at radius 2 is 2.19 bits per heavy atom. The van der Waals surface area contributed by atoms with Gasteiger partial charge in [0.2, 0.25) is 5.88 Å². The van der Waals surface area contributed by atoms with Crippen LogP contribution < -0.4 is 15.8 Å². The highest BCUT2D eigenvalue weighted by molar-refractivity contribution is 7.90. The lowest BCUT2D eigenvalue weighted by atomic mass is 9.97. The predicted molar refractivity (Wildman–Crippen MR) is 109 cm³/mol. The van der Waals surface area contributed by atoms with Gasteiger partial charge in [-0.05, 0) is 37.5 Å². The van der Waals surface area contributed by atoms with Crippen molar-refractivity contribution in [1.82, 2.24) is 10.2 Å². The van der Waals surface area contributed by atoms with Crippen molar-refractivity contribution in [1.29, 1.82) is 0 Å². The number of sulfone groups is 1. The molecule has 1 heterocycles. The monoisotopic (exact) mass is 474 g/mol. The van der Waals surface area contributed by atoms with Gasteiger partial charge in [-0.15, -0.1) is 0 Å². The predicted octanol–water partition coefficient (Wildman–Crippen LogP) is 1.96. The van der Waals surface area contributed by atoms with Crippen molar-refractivity contribution in [2.75, 3.05) is 17.3 Å². The number of hydrogen-bond donors (Lipinski definition) is 4. The Morgan fingerprint density at radius 1 is 1.48 bits per heavy atom. The number of carbonyl (C=O) groups is 2. The highest BCUT2D eigenvalue weighted by Gasteiger charge is 2.43. The first-order valence-electron chi connectivity index (χ1n) is 9.09. The van der Waals surface area contributed by atoms with E-state index >= 15 is 0 Å². The number of rotatable bonds is 6. The zero-order valence-corrected chi connectivity index (χ0v) is 17.9. The molecule has 1 aliphatic carbocycles. The fraction of sp³-hybridized carbons (Fsp3) is 0.389. The van der Waals surface area contributed by atoms with Crippen molar-refractivity contribution in [3.05, 3.63) is 40.3 Å². The van der Waals surface area contributed by atoms with Gasteiger partial charge in [0.05, 0.1) is 22.1 Å². The third-order valence-electron chi connectivity index (χ3n) is 4.87. The van der Waals surface area contributed by atoms with Gasteiger partial charge in [0.15, 0.2) is 0 Å². The summed E-state index contributed by atoms with van der Waals surface area (Å²) in [6.45, 7) is 0. The molecule has 1 aliphatic rings. The molecule has 31 heavy (non-hydrogen) atoms. The summed E-state index contributed by atoms with van der Waals surface area (Å²) < 4.78 is 41.5. The van der Waals surface area contributed by atoms with Crippen LogP contribution in [0.2, 0.25) is 5.02 Å². The maximum atomic E-state index is 13.4. The van der Waals surface area contributed by atoms with Gasteiger partial charge >= 0.3 is 6.09 Å². The van der Waals surface area contributed by atoms with Crippen molar-refractivity contribution in [3.63, 3.8) is 0 Å². The van der Waals surface area contributed by atoms with E-state index in [0.29, 0.717) is 6.42 Å². The quantitative estimate of drug-likeness (QED) is 0.496. The normalized spacial score (nSPS) is 21.1. The lowest BCUT2D eigenvalue weighted by Gasteiger charge is -2.21. The number of primary amides is 1. The molecule has 1 aromatic heterocycles. The summed E-state index contributed by atoms with van der Waals surface area (Å²) in [5.41, 5.74) is 3.78.